The molecule has 0 aliphatic carbocycles. The van der Waals surface area contributed by atoms with E-state index in [4.69, 9.17) is 0 Å². The van der Waals surface area contributed by atoms with Crippen LogP contribution in [0.5, 0.6) is 0 Å². The first-order valence-corrected chi connectivity index (χ1v) is 8.83. The van der Waals surface area contributed by atoms with Crippen LogP contribution in [0.25, 0.3) is 0 Å². The quantitative estimate of drug-likeness (QED) is 0.760. The molecule has 25 heavy (non-hydrogen) atoms. The molecule has 2 aliphatic rings. The van der Waals surface area contributed by atoms with Gasteiger partial charge >= 0.3 is 0 Å². The molecule has 2 aromatic rings. The summed E-state index contributed by atoms with van der Waals surface area (Å²) in [7, 11) is 0. The van der Waals surface area contributed by atoms with E-state index in [1.165, 1.54) is 13.1 Å². The zero-order valence-corrected chi connectivity index (χ0v) is 14.3. The highest BCUT2D eigenvalue weighted by Gasteiger charge is 2.28. The third-order valence-corrected chi connectivity index (χ3v) is 4.72. The fourth-order valence-electron chi connectivity index (χ4n) is 3.15. The second-order valence-corrected chi connectivity index (χ2v) is 6.46. The Balaban J connectivity index is 1.33. The number of hydrogen-bond donors (Lipinski definition) is 2. The Morgan fingerprint density at radius 1 is 0.960 bits per heavy atom. The number of rotatable bonds is 6. The molecule has 1 atom stereocenters. The molecular formula is C18H24N6O. The van der Waals surface area contributed by atoms with E-state index in [2.05, 4.69) is 30.2 Å². The zero-order valence-electron chi connectivity index (χ0n) is 14.3. The number of nitrogens with zero attached hydrogens (tertiary/aromatic N) is 5. The number of piperazine rings is 1. The van der Waals surface area contributed by atoms with Gasteiger partial charge in [0.25, 0.3) is 0 Å². The molecule has 0 spiro atoms. The second-order valence-electron chi connectivity index (χ2n) is 6.46. The van der Waals surface area contributed by atoms with Crippen molar-refractivity contribution in [2.75, 3.05) is 56.0 Å². The number of anilines is 2. The van der Waals surface area contributed by atoms with Crippen molar-refractivity contribution in [3.63, 3.8) is 0 Å². The summed E-state index contributed by atoms with van der Waals surface area (Å²) in [6.45, 7) is 6.85. The lowest BCUT2D eigenvalue weighted by Gasteiger charge is -2.35. The van der Waals surface area contributed by atoms with Gasteiger partial charge in [0.15, 0.2) is 0 Å². The first-order valence-electron chi connectivity index (χ1n) is 8.83. The molecule has 7 nitrogen and oxygen atoms in total. The van der Waals surface area contributed by atoms with Crippen LogP contribution in [0.2, 0.25) is 0 Å². The molecule has 0 bridgehead atoms. The second kappa shape index (κ2) is 7.35. The number of hydrazine groups is 1. The molecule has 2 fully saturated rings. The first-order chi connectivity index (χ1) is 12.3. The molecule has 1 aromatic carbocycles. The molecule has 0 radical (unpaired) electrons. The third-order valence-electron chi connectivity index (χ3n) is 4.72. The largest absolute Gasteiger partial charge is 0.387 e. The minimum atomic E-state index is -0.559. The molecule has 2 N–H and O–H groups in total. The molecule has 4 rings (SSSR count). The van der Waals surface area contributed by atoms with Crippen molar-refractivity contribution in [3.05, 3.63) is 48.3 Å². The summed E-state index contributed by atoms with van der Waals surface area (Å²) in [5, 5.41) is 18.3. The summed E-state index contributed by atoms with van der Waals surface area (Å²) in [5.74, 6) is 1.69. The fraction of sp³-hybridized carbons (Fsp3) is 0.444. The summed E-state index contributed by atoms with van der Waals surface area (Å²) < 4.78 is 0. The van der Waals surface area contributed by atoms with E-state index in [1.807, 2.05) is 36.4 Å². The summed E-state index contributed by atoms with van der Waals surface area (Å²) in [4.78, 5) is 11.0. The Hall–Kier alpha value is -2.22. The lowest BCUT2D eigenvalue weighted by Crippen LogP contribution is -2.48. The number of aliphatic hydroxyl groups is 1. The molecule has 7 heteroatoms. The van der Waals surface area contributed by atoms with Crippen molar-refractivity contribution in [3.8, 4) is 0 Å². The number of hydrogen-bond acceptors (Lipinski definition) is 7. The molecule has 3 heterocycles. The zero-order chi connectivity index (χ0) is 17.1. The predicted molar refractivity (Wildman–Crippen MR) is 97.3 cm³/mol. The van der Waals surface area contributed by atoms with E-state index >= 15 is 0 Å². The molecular weight excluding hydrogens is 316 g/mol. The Bertz CT molecular complexity index is 685. The van der Waals surface area contributed by atoms with Gasteiger partial charge in [0, 0.05) is 51.9 Å². The maximum Gasteiger partial charge on any atom is 0.134 e. The molecule has 0 amide bonds. The Morgan fingerprint density at radius 3 is 2.32 bits per heavy atom. The van der Waals surface area contributed by atoms with Crippen LogP contribution in [0.1, 0.15) is 11.7 Å². The van der Waals surface area contributed by atoms with Crippen molar-refractivity contribution < 1.29 is 5.11 Å². The van der Waals surface area contributed by atoms with E-state index in [1.54, 1.807) is 6.33 Å². The molecule has 0 saturated carbocycles. The van der Waals surface area contributed by atoms with Gasteiger partial charge < -0.3 is 15.3 Å². The summed E-state index contributed by atoms with van der Waals surface area (Å²) >= 11 is 0. The van der Waals surface area contributed by atoms with Gasteiger partial charge in [0.1, 0.15) is 18.0 Å². The topological polar surface area (TPSA) is 67.5 Å². The van der Waals surface area contributed by atoms with Gasteiger partial charge in [0.2, 0.25) is 0 Å². The average Bonchev–Trinajstić information content (AvgIpc) is 3.52. The van der Waals surface area contributed by atoms with Gasteiger partial charge in [-0.15, -0.1) is 0 Å². The minimum Gasteiger partial charge on any atom is -0.387 e. The highest BCUT2D eigenvalue weighted by molar-refractivity contribution is 5.49. The molecule has 0 unspecified atom stereocenters. The van der Waals surface area contributed by atoms with Crippen molar-refractivity contribution in [2.24, 2.45) is 0 Å². The van der Waals surface area contributed by atoms with Crippen LogP contribution in [-0.4, -0.2) is 70.9 Å². The molecule has 132 valence electrons. The predicted octanol–water partition coefficient (Wildman–Crippen LogP) is 0.975. The van der Waals surface area contributed by atoms with Crippen LogP contribution in [0.3, 0.4) is 0 Å². The molecule has 2 saturated heterocycles. The lowest BCUT2D eigenvalue weighted by atomic mass is 10.1. The van der Waals surface area contributed by atoms with E-state index in [0.717, 1.165) is 43.4 Å². The van der Waals surface area contributed by atoms with E-state index < -0.39 is 6.10 Å². The van der Waals surface area contributed by atoms with Crippen LogP contribution in [0.15, 0.2) is 42.7 Å². The lowest BCUT2D eigenvalue weighted by molar-refractivity contribution is 0.0804. The summed E-state index contributed by atoms with van der Waals surface area (Å²) in [5.41, 5.74) is 0.899. The van der Waals surface area contributed by atoms with Crippen molar-refractivity contribution in [1.29, 1.82) is 0 Å². The standard InChI is InChI=1S/C18H24N6O/c25-16(15-4-2-1-3-5-15)13-19-17-12-18(21-14-20-17)22-6-8-23(9-7-22)24-10-11-24/h1-5,12,14,16,25H,6-11,13H2,(H,19,20,21)/t16-/m0/s1. The Labute approximate surface area is 147 Å². The van der Waals surface area contributed by atoms with E-state index in [0.29, 0.717) is 6.54 Å². The van der Waals surface area contributed by atoms with Gasteiger partial charge in [-0.2, -0.15) is 0 Å². The fourth-order valence-corrected chi connectivity index (χ4v) is 3.15. The van der Waals surface area contributed by atoms with Gasteiger partial charge in [-0.05, 0) is 5.56 Å². The monoisotopic (exact) mass is 340 g/mol. The maximum absolute atomic E-state index is 10.3. The first kappa shape index (κ1) is 16.3. The van der Waals surface area contributed by atoms with Crippen molar-refractivity contribution in [2.45, 2.75) is 6.10 Å². The van der Waals surface area contributed by atoms with Gasteiger partial charge in [-0.25, -0.2) is 20.0 Å². The summed E-state index contributed by atoms with van der Waals surface area (Å²) in [6.07, 6.45) is 1.03. The van der Waals surface area contributed by atoms with Gasteiger partial charge in [0.05, 0.1) is 6.10 Å². The Morgan fingerprint density at radius 2 is 1.64 bits per heavy atom. The normalized spacial score (nSPS) is 19.6. The van der Waals surface area contributed by atoms with Crippen LogP contribution in [-0.2, 0) is 0 Å². The van der Waals surface area contributed by atoms with Crippen LogP contribution >= 0.6 is 0 Å². The maximum atomic E-state index is 10.3. The van der Waals surface area contributed by atoms with Crippen LogP contribution in [0, 0.1) is 0 Å². The molecule has 1 aromatic heterocycles. The number of nitrogens with one attached hydrogen (secondary N) is 1. The highest BCUT2D eigenvalue weighted by atomic mass is 16.3. The van der Waals surface area contributed by atoms with Gasteiger partial charge in [-0.3, -0.25) is 0 Å². The Kier molecular flexibility index (Phi) is 4.78. The van der Waals surface area contributed by atoms with Crippen molar-refractivity contribution >= 4 is 11.6 Å². The van der Waals surface area contributed by atoms with Crippen molar-refractivity contribution in [1.82, 2.24) is 20.0 Å². The molecule has 2 aliphatic heterocycles. The van der Waals surface area contributed by atoms with E-state index in [-0.39, 0.29) is 0 Å². The summed E-state index contributed by atoms with van der Waals surface area (Å²) in [6, 6.07) is 11.6. The SMILES string of the molecule is O[C@@H](CNc1cc(N2CCN(N3CC3)CC2)ncn1)c1ccccc1. The van der Waals surface area contributed by atoms with Crippen LogP contribution < -0.4 is 10.2 Å². The minimum absolute atomic E-state index is 0.420. The number of aliphatic hydroxyl groups excluding tert-OH is 1. The average molecular weight is 340 g/mol. The third kappa shape index (κ3) is 4.07. The number of aromatic nitrogens is 2. The van der Waals surface area contributed by atoms with Crippen LogP contribution in [0.4, 0.5) is 11.6 Å². The highest BCUT2D eigenvalue weighted by Crippen LogP contribution is 2.20. The smallest absolute Gasteiger partial charge is 0.134 e. The number of benzene rings is 1. The van der Waals surface area contributed by atoms with E-state index in [9.17, 15) is 5.11 Å². The van der Waals surface area contributed by atoms with Gasteiger partial charge in [-0.1, -0.05) is 30.3 Å².